The van der Waals surface area contributed by atoms with Gasteiger partial charge in [-0.15, -0.1) is 0 Å². The first-order valence-corrected chi connectivity index (χ1v) is 16.7. The van der Waals surface area contributed by atoms with Crippen molar-refractivity contribution in [1.82, 2.24) is 19.8 Å². The van der Waals surface area contributed by atoms with Crippen LogP contribution >= 0.6 is 0 Å². The molecule has 0 aliphatic carbocycles. The zero-order valence-electron chi connectivity index (χ0n) is 28.4. The summed E-state index contributed by atoms with van der Waals surface area (Å²) in [4.78, 5) is 28.6. The van der Waals surface area contributed by atoms with E-state index in [4.69, 9.17) is 9.62 Å². The number of ketones is 1. The van der Waals surface area contributed by atoms with Crippen LogP contribution in [0, 0.1) is 19.8 Å². The molecule has 5 aromatic rings. The van der Waals surface area contributed by atoms with Gasteiger partial charge in [-0.1, -0.05) is 86.1 Å². The van der Waals surface area contributed by atoms with Crippen molar-refractivity contribution < 1.29 is 14.1 Å². The molecule has 3 heterocycles. The van der Waals surface area contributed by atoms with E-state index in [1.807, 2.05) is 79.7 Å². The maximum absolute atomic E-state index is 13.3. The molecule has 1 aliphatic heterocycles. The number of rotatable bonds is 9. The molecule has 9 heteroatoms. The fourth-order valence-corrected chi connectivity index (χ4v) is 6.18. The van der Waals surface area contributed by atoms with E-state index in [0.717, 1.165) is 60.5 Å². The zero-order valence-corrected chi connectivity index (χ0v) is 28.4. The number of amides is 2. The van der Waals surface area contributed by atoms with Crippen LogP contribution in [0.1, 0.15) is 66.6 Å². The molecule has 3 aromatic carbocycles. The SMILES string of the molecule is Cc1ccc(-n2nc(C(C)(C)C)cc2NC(=O)Nc2ccc(CC3CCN(CC(=O)c4c(-c5ccccc5)noc4C)CC3)cc2)cc1. The zero-order chi connectivity index (χ0) is 33.8. The number of benzene rings is 3. The molecule has 248 valence electrons. The van der Waals surface area contributed by atoms with Gasteiger partial charge in [0.1, 0.15) is 17.3 Å². The van der Waals surface area contributed by atoms with Gasteiger partial charge in [0.05, 0.1) is 23.5 Å². The van der Waals surface area contributed by atoms with Crippen molar-refractivity contribution in [1.29, 1.82) is 0 Å². The highest BCUT2D eigenvalue weighted by Crippen LogP contribution is 2.29. The monoisotopic (exact) mass is 644 g/mol. The molecule has 2 amide bonds. The molecular formula is C39H44N6O3. The molecule has 1 saturated heterocycles. The molecule has 1 aliphatic rings. The number of carbonyl (C=O) groups is 2. The van der Waals surface area contributed by atoms with E-state index in [9.17, 15) is 9.59 Å². The molecule has 2 N–H and O–H groups in total. The van der Waals surface area contributed by atoms with Gasteiger partial charge in [0.2, 0.25) is 0 Å². The van der Waals surface area contributed by atoms with Gasteiger partial charge in [-0.05, 0) is 81.9 Å². The predicted molar refractivity (Wildman–Crippen MR) is 190 cm³/mol. The average molecular weight is 645 g/mol. The Morgan fingerprint density at radius 1 is 0.896 bits per heavy atom. The Balaban J connectivity index is 1.01. The van der Waals surface area contributed by atoms with Crippen molar-refractivity contribution in [3.05, 3.63) is 113 Å². The summed E-state index contributed by atoms with van der Waals surface area (Å²) in [6, 6.07) is 27.5. The van der Waals surface area contributed by atoms with Gasteiger partial charge in [0, 0.05) is 22.7 Å². The van der Waals surface area contributed by atoms with Crippen LogP contribution in [-0.2, 0) is 11.8 Å². The number of aromatic nitrogens is 3. The lowest BCUT2D eigenvalue weighted by atomic mass is 9.90. The van der Waals surface area contributed by atoms with Gasteiger partial charge in [-0.2, -0.15) is 5.10 Å². The number of piperidine rings is 1. The number of hydrogen-bond donors (Lipinski definition) is 2. The first kappa shape index (κ1) is 32.9. The van der Waals surface area contributed by atoms with E-state index in [2.05, 4.69) is 53.6 Å². The number of aryl methyl sites for hydroxylation is 2. The Labute approximate surface area is 282 Å². The van der Waals surface area contributed by atoms with E-state index in [-0.39, 0.29) is 17.2 Å². The lowest BCUT2D eigenvalue weighted by Crippen LogP contribution is -2.38. The van der Waals surface area contributed by atoms with Crippen molar-refractivity contribution >= 4 is 23.3 Å². The molecule has 6 rings (SSSR count). The van der Waals surface area contributed by atoms with Crippen molar-refractivity contribution in [3.8, 4) is 16.9 Å². The summed E-state index contributed by atoms with van der Waals surface area (Å²) in [5.41, 5.74) is 6.81. The van der Waals surface area contributed by atoms with E-state index in [1.165, 1.54) is 5.56 Å². The molecule has 0 saturated carbocycles. The molecular weight excluding hydrogens is 600 g/mol. The minimum absolute atomic E-state index is 0.0485. The van der Waals surface area contributed by atoms with Crippen LogP contribution in [-0.4, -0.2) is 51.3 Å². The van der Waals surface area contributed by atoms with Crippen molar-refractivity contribution in [2.75, 3.05) is 30.3 Å². The predicted octanol–water partition coefficient (Wildman–Crippen LogP) is 8.22. The normalized spacial score (nSPS) is 14.2. The number of urea groups is 1. The number of nitrogens with one attached hydrogen (secondary N) is 2. The second-order valence-electron chi connectivity index (χ2n) is 13.9. The molecule has 1 fully saturated rings. The van der Waals surface area contributed by atoms with Crippen LogP contribution in [0.4, 0.5) is 16.3 Å². The molecule has 2 aromatic heterocycles. The molecule has 0 atom stereocenters. The van der Waals surface area contributed by atoms with E-state index in [0.29, 0.717) is 35.3 Å². The van der Waals surface area contributed by atoms with Crippen molar-refractivity contribution in [2.24, 2.45) is 5.92 Å². The Hall–Kier alpha value is -5.02. The van der Waals surface area contributed by atoms with Crippen LogP contribution < -0.4 is 10.6 Å². The fraction of sp³-hybridized carbons (Fsp3) is 0.333. The van der Waals surface area contributed by atoms with Gasteiger partial charge in [0.15, 0.2) is 5.78 Å². The summed E-state index contributed by atoms with van der Waals surface area (Å²) in [6.45, 7) is 12.3. The third-order valence-corrected chi connectivity index (χ3v) is 9.00. The summed E-state index contributed by atoms with van der Waals surface area (Å²) < 4.78 is 7.20. The van der Waals surface area contributed by atoms with Crippen molar-refractivity contribution in [3.63, 3.8) is 0 Å². The lowest BCUT2D eigenvalue weighted by Gasteiger charge is -2.31. The number of nitrogens with zero attached hydrogens (tertiary/aromatic N) is 4. The van der Waals surface area contributed by atoms with Crippen LogP contribution in [0.5, 0.6) is 0 Å². The maximum Gasteiger partial charge on any atom is 0.324 e. The van der Waals surface area contributed by atoms with E-state index in [1.54, 1.807) is 11.6 Å². The third-order valence-electron chi connectivity index (χ3n) is 9.00. The number of carbonyl (C=O) groups excluding carboxylic acids is 2. The molecule has 0 spiro atoms. The summed E-state index contributed by atoms with van der Waals surface area (Å²) in [5, 5.41) is 15.0. The Morgan fingerprint density at radius 2 is 1.58 bits per heavy atom. The summed E-state index contributed by atoms with van der Waals surface area (Å²) >= 11 is 0. The first-order valence-electron chi connectivity index (χ1n) is 16.7. The highest BCUT2D eigenvalue weighted by Gasteiger charge is 2.26. The van der Waals surface area contributed by atoms with Gasteiger partial charge >= 0.3 is 6.03 Å². The highest BCUT2D eigenvalue weighted by molar-refractivity contribution is 6.03. The minimum Gasteiger partial charge on any atom is -0.360 e. The molecule has 9 nitrogen and oxygen atoms in total. The minimum atomic E-state index is -0.323. The maximum atomic E-state index is 13.3. The Morgan fingerprint density at radius 3 is 2.25 bits per heavy atom. The molecule has 0 bridgehead atoms. The van der Waals surface area contributed by atoms with Gasteiger partial charge in [-0.25, -0.2) is 9.48 Å². The first-order chi connectivity index (χ1) is 23.0. The van der Waals surface area contributed by atoms with Crippen LogP contribution in [0.2, 0.25) is 0 Å². The number of hydrogen-bond acceptors (Lipinski definition) is 6. The van der Waals surface area contributed by atoms with E-state index < -0.39 is 0 Å². The number of anilines is 2. The Bertz CT molecular complexity index is 1860. The number of likely N-dealkylation sites (tertiary alicyclic amines) is 1. The summed E-state index contributed by atoms with van der Waals surface area (Å²) in [5.74, 6) is 1.76. The van der Waals surface area contributed by atoms with Gasteiger partial charge < -0.3 is 9.84 Å². The molecule has 48 heavy (non-hydrogen) atoms. The molecule has 0 unspecified atom stereocenters. The topological polar surface area (TPSA) is 105 Å². The second kappa shape index (κ2) is 14.0. The average Bonchev–Trinajstić information content (AvgIpc) is 3.67. The van der Waals surface area contributed by atoms with E-state index >= 15 is 0 Å². The Kier molecular flexibility index (Phi) is 9.59. The lowest BCUT2D eigenvalue weighted by molar-refractivity contribution is 0.0894. The van der Waals surface area contributed by atoms with Crippen LogP contribution in [0.15, 0.2) is 89.5 Å². The van der Waals surface area contributed by atoms with Crippen LogP contribution in [0.3, 0.4) is 0 Å². The van der Waals surface area contributed by atoms with Gasteiger partial charge in [0.25, 0.3) is 0 Å². The second-order valence-corrected chi connectivity index (χ2v) is 13.9. The van der Waals surface area contributed by atoms with Gasteiger partial charge in [-0.3, -0.25) is 15.0 Å². The standard InChI is InChI=1S/C39H44N6O3/c1-26-11-17-32(18-12-26)45-35(24-34(42-45)39(3,4)5)41-38(47)40-31-15-13-28(14-16-31)23-29-19-21-44(22-20-29)25-33(46)36-27(2)48-43-37(36)30-9-7-6-8-10-30/h6-18,24,29H,19-23,25H2,1-5H3,(H2,40,41,47). The third kappa shape index (κ3) is 7.74. The molecule has 0 radical (unpaired) electrons. The largest absolute Gasteiger partial charge is 0.360 e. The smallest absolute Gasteiger partial charge is 0.324 e. The number of Topliss-reactive ketones (excluding diaryl/α,β-unsaturated/α-hetero) is 1. The quantitative estimate of drug-likeness (QED) is 0.157. The summed E-state index contributed by atoms with van der Waals surface area (Å²) in [6.07, 6.45) is 3.01. The van der Waals surface area contributed by atoms with Crippen molar-refractivity contribution in [2.45, 2.75) is 59.3 Å². The highest BCUT2D eigenvalue weighted by atomic mass is 16.5. The fourth-order valence-electron chi connectivity index (χ4n) is 6.18. The summed E-state index contributed by atoms with van der Waals surface area (Å²) in [7, 11) is 0. The van der Waals surface area contributed by atoms with Crippen LogP contribution in [0.25, 0.3) is 16.9 Å².